The van der Waals surface area contributed by atoms with Crippen LogP contribution < -0.4 is 5.32 Å². The predicted molar refractivity (Wildman–Crippen MR) is 58.3 cm³/mol. The molecule has 0 spiro atoms. The van der Waals surface area contributed by atoms with Gasteiger partial charge in [0.15, 0.2) is 0 Å². The highest BCUT2D eigenvalue weighted by Crippen LogP contribution is 2.09. The van der Waals surface area contributed by atoms with Crippen molar-refractivity contribution < 1.29 is 9.18 Å². The third-order valence-corrected chi connectivity index (χ3v) is 1.99. The first-order valence-electron chi connectivity index (χ1n) is 4.69. The number of aryl methyl sites for hydroxylation is 1. The Bertz CT molecular complexity index is 399. The van der Waals surface area contributed by atoms with E-state index in [9.17, 15) is 9.18 Å². The summed E-state index contributed by atoms with van der Waals surface area (Å²) >= 11 is 0. The van der Waals surface area contributed by atoms with Crippen LogP contribution in [0.5, 0.6) is 0 Å². The lowest BCUT2D eigenvalue weighted by molar-refractivity contribution is 0.0956. The number of carbonyl (C=O) groups is 1. The molecular weight excluding hydrogens is 193 g/mol. The zero-order chi connectivity index (χ0) is 11.4. The largest absolute Gasteiger partial charge is 0.348 e. The average molecular weight is 207 g/mol. The maximum atomic E-state index is 12.9. The summed E-state index contributed by atoms with van der Waals surface area (Å²) in [7, 11) is 0. The van der Waals surface area contributed by atoms with Crippen LogP contribution in [0.25, 0.3) is 0 Å². The molecule has 0 aliphatic rings. The molecule has 2 nitrogen and oxygen atoms in total. The fourth-order valence-corrected chi connectivity index (χ4v) is 1.17. The van der Waals surface area contributed by atoms with E-state index in [-0.39, 0.29) is 5.91 Å². The van der Waals surface area contributed by atoms with E-state index in [1.165, 1.54) is 12.1 Å². The standard InChI is InChI=1S/C12H14FNO/c1-8(2)7-14-12(15)11-6-10(13)5-4-9(11)3/h4-6H,1,7H2,2-3H3,(H,14,15). The minimum atomic E-state index is -0.402. The monoisotopic (exact) mass is 207 g/mol. The second kappa shape index (κ2) is 4.73. The molecule has 1 rings (SSSR count). The topological polar surface area (TPSA) is 29.1 Å². The van der Waals surface area contributed by atoms with Crippen LogP contribution in [0.2, 0.25) is 0 Å². The molecule has 1 aromatic carbocycles. The van der Waals surface area contributed by atoms with Gasteiger partial charge in [-0.05, 0) is 31.5 Å². The number of rotatable bonds is 3. The van der Waals surface area contributed by atoms with Gasteiger partial charge >= 0.3 is 0 Å². The van der Waals surface area contributed by atoms with Crippen LogP contribution in [0.1, 0.15) is 22.8 Å². The molecule has 0 aliphatic carbocycles. The van der Waals surface area contributed by atoms with Crippen molar-refractivity contribution in [3.05, 3.63) is 47.3 Å². The van der Waals surface area contributed by atoms with Gasteiger partial charge < -0.3 is 5.32 Å². The fraction of sp³-hybridized carbons (Fsp3) is 0.250. The lowest BCUT2D eigenvalue weighted by Crippen LogP contribution is -2.25. The van der Waals surface area contributed by atoms with E-state index in [2.05, 4.69) is 11.9 Å². The number of amides is 1. The van der Waals surface area contributed by atoms with Crippen LogP contribution in [0.4, 0.5) is 4.39 Å². The van der Waals surface area contributed by atoms with E-state index in [1.807, 2.05) is 6.92 Å². The van der Waals surface area contributed by atoms with Crippen molar-refractivity contribution >= 4 is 5.91 Å². The Balaban J connectivity index is 2.81. The number of nitrogens with one attached hydrogen (secondary N) is 1. The van der Waals surface area contributed by atoms with Crippen LogP contribution >= 0.6 is 0 Å². The molecule has 1 N–H and O–H groups in total. The van der Waals surface area contributed by atoms with Crippen molar-refractivity contribution in [2.75, 3.05) is 6.54 Å². The van der Waals surface area contributed by atoms with Gasteiger partial charge in [0.1, 0.15) is 5.82 Å². The van der Waals surface area contributed by atoms with Crippen LogP contribution in [0, 0.1) is 12.7 Å². The molecule has 0 aliphatic heterocycles. The lowest BCUT2D eigenvalue weighted by atomic mass is 10.1. The highest BCUT2D eigenvalue weighted by atomic mass is 19.1. The minimum Gasteiger partial charge on any atom is -0.348 e. The molecule has 0 radical (unpaired) electrons. The SMILES string of the molecule is C=C(C)CNC(=O)c1cc(F)ccc1C. The maximum Gasteiger partial charge on any atom is 0.251 e. The number of halogens is 1. The summed E-state index contributed by atoms with van der Waals surface area (Å²) in [6, 6.07) is 4.17. The first-order valence-corrected chi connectivity index (χ1v) is 4.69. The Kier molecular flexibility index (Phi) is 3.61. The van der Waals surface area contributed by atoms with Crippen molar-refractivity contribution in [2.45, 2.75) is 13.8 Å². The van der Waals surface area contributed by atoms with E-state index < -0.39 is 5.82 Å². The highest BCUT2D eigenvalue weighted by molar-refractivity contribution is 5.95. The van der Waals surface area contributed by atoms with E-state index >= 15 is 0 Å². The first kappa shape index (κ1) is 11.4. The van der Waals surface area contributed by atoms with Crippen LogP contribution in [0.15, 0.2) is 30.4 Å². The third kappa shape index (κ3) is 3.20. The van der Waals surface area contributed by atoms with E-state index in [4.69, 9.17) is 0 Å². The second-order valence-electron chi connectivity index (χ2n) is 3.60. The van der Waals surface area contributed by atoms with Crippen molar-refractivity contribution in [2.24, 2.45) is 0 Å². The number of hydrogen-bond acceptors (Lipinski definition) is 1. The smallest absolute Gasteiger partial charge is 0.251 e. The van der Waals surface area contributed by atoms with Crippen LogP contribution in [-0.2, 0) is 0 Å². The molecule has 15 heavy (non-hydrogen) atoms. The molecule has 0 saturated heterocycles. The summed E-state index contributed by atoms with van der Waals surface area (Å²) in [5, 5.41) is 2.66. The van der Waals surface area contributed by atoms with Gasteiger partial charge in [-0.2, -0.15) is 0 Å². The molecule has 3 heteroatoms. The van der Waals surface area contributed by atoms with Crippen molar-refractivity contribution in [1.82, 2.24) is 5.32 Å². The summed E-state index contributed by atoms with van der Waals surface area (Å²) < 4.78 is 12.9. The average Bonchev–Trinajstić information content (AvgIpc) is 2.18. The molecule has 0 aromatic heterocycles. The zero-order valence-corrected chi connectivity index (χ0v) is 8.93. The summed E-state index contributed by atoms with van der Waals surface area (Å²) in [5.74, 6) is -0.670. The van der Waals surface area contributed by atoms with Crippen molar-refractivity contribution in [3.63, 3.8) is 0 Å². The summed E-state index contributed by atoms with van der Waals surface area (Å²) in [5.41, 5.74) is 1.99. The predicted octanol–water partition coefficient (Wildman–Crippen LogP) is 2.44. The Hall–Kier alpha value is -1.64. The summed E-state index contributed by atoms with van der Waals surface area (Å²) in [4.78, 5) is 11.6. The number of benzene rings is 1. The molecule has 1 aromatic rings. The number of hydrogen-bond donors (Lipinski definition) is 1. The van der Waals surface area contributed by atoms with Crippen LogP contribution in [0.3, 0.4) is 0 Å². The maximum absolute atomic E-state index is 12.9. The molecule has 0 saturated carbocycles. The van der Waals surface area contributed by atoms with Gasteiger partial charge in [-0.15, -0.1) is 0 Å². The first-order chi connectivity index (χ1) is 7.00. The van der Waals surface area contributed by atoms with Gasteiger partial charge in [0.25, 0.3) is 5.91 Å². The van der Waals surface area contributed by atoms with Gasteiger partial charge in [0, 0.05) is 12.1 Å². The highest BCUT2D eigenvalue weighted by Gasteiger charge is 2.09. The molecule has 0 bridgehead atoms. The van der Waals surface area contributed by atoms with E-state index in [0.717, 1.165) is 11.1 Å². The van der Waals surface area contributed by atoms with Crippen molar-refractivity contribution in [3.8, 4) is 0 Å². The van der Waals surface area contributed by atoms with Gasteiger partial charge in [0.05, 0.1) is 0 Å². The van der Waals surface area contributed by atoms with Gasteiger partial charge in [0.2, 0.25) is 0 Å². The third-order valence-electron chi connectivity index (χ3n) is 1.99. The molecule has 0 atom stereocenters. The molecule has 0 fully saturated rings. The normalized spacial score (nSPS) is 9.80. The van der Waals surface area contributed by atoms with E-state index in [0.29, 0.717) is 12.1 Å². The number of carbonyl (C=O) groups excluding carboxylic acids is 1. The molecule has 80 valence electrons. The van der Waals surface area contributed by atoms with Gasteiger partial charge in [-0.1, -0.05) is 18.2 Å². The van der Waals surface area contributed by atoms with Gasteiger partial charge in [-0.25, -0.2) is 4.39 Å². The minimum absolute atomic E-state index is 0.269. The summed E-state index contributed by atoms with van der Waals surface area (Å²) in [6.45, 7) is 7.67. The Labute approximate surface area is 88.8 Å². The Morgan fingerprint density at radius 2 is 2.20 bits per heavy atom. The quantitative estimate of drug-likeness (QED) is 0.758. The Morgan fingerprint density at radius 3 is 2.80 bits per heavy atom. The lowest BCUT2D eigenvalue weighted by Gasteiger charge is -2.07. The Morgan fingerprint density at radius 1 is 1.53 bits per heavy atom. The molecular formula is C12H14FNO. The fourth-order valence-electron chi connectivity index (χ4n) is 1.17. The zero-order valence-electron chi connectivity index (χ0n) is 8.93. The second-order valence-corrected chi connectivity index (χ2v) is 3.60. The molecule has 1 amide bonds. The van der Waals surface area contributed by atoms with Crippen LogP contribution in [-0.4, -0.2) is 12.5 Å². The van der Waals surface area contributed by atoms with Crippen molar-refractivity contribution in [1.29, 1.82) is 0 Å². The molecule has 0 unspecified atom stereocenters. The molecule has 0 heterocycles. The van der Waals surface area contributed by atoms with Gasteiger partial charge in [-0.3, -0.25) is 4.79 Å². The summed E-state index contributed by atoms with van der Waals surface area (Å²) in [6.07, 6.45) is 0. The van der Waals surface area contributed by atoms with E-state index in [1.54, 1.807) is 13.0 Å².